The Kier molecular flexibility index (Phi) is 6.33. The minimum absolute atomic E-state index is 0.0336. The number of rotatable bonds is 7. The van der Waals surface area contributed by atoms with Crippen molar-refractivity contribution in [2.75, 3.05) is 39.0 Å². The number of non-ortho nitro benzene ring substituents is 1. The average molecular weight is 369 g/mol. The Morgan fingerprint density at radius 3 is 2.80 bits per heavy atom. The van der Waals surface area contributed by atoms with Crippen LogP contribution in [-0.2, 0) is 9.59 Å². The summed E-state index contributed by atoms with van der Waals surface area (Å²) in [6.45, 7) is 1.88. The molecule has 8 nitrogen and oxygen atoms in total. The molecule has 1 saturated heterocycles. The number of nitro groups is 1. The predicted octanol–water partition coefficient (Wildman–Crippen LogP) is 1.99. The summed E-state index contributed by atoms with van der Waals surface area (Å²) in [5.74, 6) is -0.786. The summed E-state index contributed by atoms with van der Waals surface area (Å²) in [5.41, 5.74) is 0.155. The number of hydrogen-bond donors (Lipinski definition) is 1. The second kappa shape index (κ2) is 8.26. The molecule has 2 rings (SSSR count). The molecular weight excluding hydrogens is 348 g/mol. The first-order valence-electron chi connectivity index (χ1n) is 7.95. The summed E-state index contributed by atoms with van der Waals surface area (Å²) in [7, 11) is 3.94. The van der Waals surface area contributed by atoms with Crippen molar-refractivity contribution < 1.29 is 14.5 Å². The summed E-state index contributed by atoms with van der Waals surface area (Å²) in [6.07, 6.45) is 1.01. The zero-order chi connectivity index (χ0) is 18.6. The summed E-state index contributed by atoms with van der Waals surface area (Å²) in [4.78, 5) is 38.3. The molecule has 1 aliphatic heterocycles. The third kappa shape index (κ3) is 5.14. The lowest BCUT2D eigenvalue weighted by molar-refractivity contribution is -0.384. The van der Waals surface area contributed by atoms with Gasteiger partial charge in [-0.05, 0) is 33.1 Å². The van der Waals surface area contributed by atoms with Gasteiger partial charge >= 0.3 is 0 Å². The topological polar surface area (TPSA) is 95.8 Å². The van der Waals surface area contributed by atoms with Crippen LogP contribution in [0.3, 0.4) is 0 Å². The quantitative estimate of drug-likeness (QED) is 0.586. The van der Waals surface area contributed by atoms with E-state index in [1.54, 1.807) is 4.90 Å². The number of carbonyl (C=O) groups is 2. The summed E-state index contributed by atoms with van der Waals surface area (Å²) in [5, 5.41) is 13.5. The fourth-order valence-electron chi connectivity index (χ4n) is 2.70. The SMILES string of the molecule is CN(C)CCCN1CC(C(=O)Nc2ccc([N+](=O)[O-])cc2Cl)CC1=O. The first-order chi connectivity index (χ1) is 11.8. The minimum Gasteiger partial charge on any atom is -0.342 e. The van der Waals surface area contributed by atoms with E-state index < -0.39 is 10.8 Å². The zero-order valence-corrected chi connectivity index (χ0v) is 15.0. The Bertz CT molecular complexity index is 680. The molecule has 0 saturated carbocycles. The highest BCUT2D eigenvalue weighted by Gasteiger charge is 2.34. The van der Waals surface area contributed by atoms with Crippen LogP contribution in [0.1, 0.15) is 12.8 Å². The van der Waals surface area contributed by atoms with Gasteiger partial charge in [0.1, 0.15) is 0 Å². The van der Waals surface area contributed by atoms with Gasteiger partial charge in [-0.2, -0.15) is 0 Å². The van der Waals surface area contributed by atoms with Crippen LogP contribution in [0, 0.1) is 16.0 Å². The molecule has 136 valence electrons. The Balaban J connectivity index is 1.93. The molecule has 0 spiro atoms. The van der Waals surface area contributed by atoms with Crippen molar-refractivity contribution >= 4 is 34.8 Å². The molecule has 1 atom stereocenters. The van der Waals surface area contributed by atoms with Crippen LogP contribution in [0.2, 0.25) is 5.02 Å². The Morgan fingerprint density at radius 1 is 1.48 bits per heavy atom. The number of nitrogens with one attached hydrogen (secondary N) is 1. The number of halogens is 1. The number of nitrogens with zero attached hydrogens (tertiary/aromatic N) is 3. The molecule has 9 heteroatoms. The number of carbonyl (C=O) groups excluding carboxylic acids is 2. The Morgan fingerprint density at radius 2 is 2.20 bits per heavy atom. The summed E-state index contributed by atoms with van der Waals surface area (Å²) >= 11 is 5.98. The Labute approximate surface area is 150 Å². The highest BCUT2D eigenvalue weighted by atomic mass is 35.5. The molecule has 1 fully saturated rings. The van der Waals surface area contributed by atoms with Crippen molar-refractivity contribution in [3.05, 3.63) is 33.3 Å². The molecule has 0 aliphatic carbocycles. The zero-order valence-electron chi connectivity index (χ0n) is 14.2. The van der Waals surface area contributed by atoms with Gasteiger partial charge in [-0.15, -0.1) is 0 Å². The monoisotopic (exact) mass is 368 g/mol. The molecule has 1 aliphatic rings. The lowest BCUT2D eigenvalue weighted by Crippen LogP contribution is -2.30. The second-order valence-corrected chi connectivity index (χ2v) is 6.72. The molecule has 2 amide bonds. The molecule has 1 N–H and O–H groups in total. The van der Waals surface area contributed by atoms with Crippen molar-refractivity contribution in [2.45, 2.75) is 12.8 Å². The number of benzene rings is 1. The number of likely N-dealkylation sites (tertiary alicyclic amines) is 1. The number of amides is 2. The summed E-state index contributed by atoms with van der Waals surface area (Å²) in [6, 6.07) is 3.85. The van der Waals surface area contributed by atoms with Crippen LogP contribution in [0.25, 0.3) is 0 Å². The molecular formula is C16H21ClN4O4. The third-order valence-corrected chi connectivity index (χ3v) is 4.35. The van der Waals surface area contributed by atoms with Crippen molar-refractivity contribution in [3.63, 3.8) is 0 Å². The standard InChI is InChI=1S/C16H21ClN4O4/c1-19(2)6-3-7-20-10-11(8-15(20)22)16(23)18-14-5-4-12(21(24)25)9-13(14)17/h4-5,9,11H,3,6-8,10H2,1-2H3,(H,18,23). The molecule has 25 heavy (non-hydrogen) atoms. The van der Waals surface area contributed by atoms with Crippen LogP contribution in [0.5, 0.6) is 0 Å². The number of anilines is 1. The van der Waals surface area contributed by atoms with Crippen LogP contribution < -0.4 is 5.32 Å². The normalized spacial score (nSPS) is 17.2. The first-order valence-corrected chi connectivity index (χ1v) is 8.33. The van der Waals surface area contributed by atoms with Crippen molar-refractivity contribution in [3.8, 4) is 0 Å². The molecule has 0 radical (unpaired) electrons. The number of nitro benzene ring substituents is 1. The lowest BCUT2D eigenvalue weighted by Gasteiger charge is -2.18. The summed E-state index contributed by atoms with van der Waals surface area (Å²) < 4.78 is 0. The molecule has 0 aromatic heterocycles. The maximum absolute atomic E-state index is 12.4. The minimum atomic E-state index is -0.557. The maximum Gasteiger partial charge on any atom is 0.271 e. The second-order valence-electron chi connectivity index (χ2n) is 6.31. The predicted molar refractivity (Wildman–Crippen MR) is 94.6 cm³/mol. The van der Waals surface area contributed by atoms with Crippen LogP contribution >= 0.6 is 11.6 Å². The number of hydrogen-bond acceptors (Lipinski definition) is 5. The lowest BCUT2D eigenvalue weighted by atomic mass is 10.1. The van der Waals surface area contributed by atoms with E-state index in [1.807, 2.05) is 19.0 Å². The van der Waals surface area contributed by atoms with E-state index >= 15 is 0 Å². The third-order valence-electron chi connectivity index (χ3n) is 4.04. The van der Waals surface area contributed by atoms with E-state index in [4.69, 9.17) is 11.6 Å². The largest absolute Gasteiger partial charge is 0.342 e. The van der Waals surface area contributed by atoms with Gasteiger partial charge in [0, 0.05) is 31.6 Å². The molecule has 0 bridgehead atoms. The van der Waals surface area contributed by atoms with Crippen LogP contribution in [0.4, 0.5) is 11.4 Å². The van der Waals surface area contributed by atoms with Gasteiger partial charge in [0.2, 0.25) is 11.8 Å². The van der Waals surface area contributed by atoms with E-state index in [9.17, 15) is 19.7 Å². The van der Waals surface area contributed by atoms with Crippen LogP contribution in [0.15, 0.2) is 18.2 Å². The smallest absolute Gasteiger partial charge is 0.271 e. The van der Waals surface area contributed by atoms with Gasteiger partial charge in [0.15, 0.2) is 0 Å². The van der Waals surface area contributed by atoms with Crippen molar-refractivity contribution in [1.82, 2.24) is 9.80 Å². The van der Waals surface area contributed by atoms with Gasteiger partial charge in [-0.25, -0.2) is 0 Å². The molecule has 1 aromatic rings. The first kappa shape index (κ1) is 19.1. The van der Waals surface area contributed by atoms with E-state index in [2.05, 4.69) is 5.32 Å². The molecule has 1 heterocycles. The van der Waals surface area contributed by atoms with Gasteiger partial charge in [0.25, 0.3) is 5.69 Å². The fraction of sp³-hybridized carbons (Fsp3) is 0.500. The van der Waals surface area contributed by atoms with E-state index in [0.717, 1.165) is 13.0 Å². The van der Waals surface area contributed by atoms with E-state index in [1.165, 1.54) is 18.2 Å². The van der Waals surface area contributed by atoms with Crippen molar-refractivity contribution in [1.29, 1.82) is 0 Å². The van der Waals surface area contributed by atoms with E-state index in [-0.39, 0.29) is 28.9 Å². The highest BCUT2D eigenvalue weighted by molar-refractivity contribution is 6.34. The van der Waals surface area contributed by atoms with Crippen LogP contribution in [-0.4, -0.2) is 60.3 Å². The van der Waals surface area contributed by atoms with Gasteiger partial charge in [-0.1, -0.05) is 11.6 Å². The fourth-order valence-corrected chi connectivity index (χ4v) is 2.92. The van der Waals surface area contributed by atoms with Gasteiger partial charge in [0.05, 0.1) is 21.6 Å². The maximum atomic E-state index is 12.4. The molecule has 1 unspecified atom stereocenters. The average Bonchev–Trinajstić information content (AvgIpc) is 2.90. The van der Waals surface area contributed by atoms with Gasteiger partial charge < -0.3 is 15.1 Å². The highest BCUT2D eigenvalue weighted by Crippen LogP contribution is 2.28. The van der Waals surface area contributed by atoms with E-state index in [0.29, 0.717) is 18.8 Å². The van der Waals surface area contributed by atoms with Crippen molar-refractivity contribution in [2.24, 2.45) is 5.92 Å². The molecule has 1 aromatic carbocycles. The Hall–Kier alpha value is -2.19. The van der Waals surface area contributed by atoms with Gasteiger partial charge in [-0.3, -0.25) is 19.7 Å².